The van der Waals surface area contributed by atoms with Crippen LogP contribution in [0.2, 0.25) is 0 Å². The first-order valence-corrected chi connectivity index (χ1v) is 5.86. The molecule has 2 rings (SSSR count). The fourth-order valence-electron chi connectivity index (χ4n) is 2.24. The van der Waals surface area contributed by atoms with Gasteiger partial charge in [0.1, 0.15) is 0 Å². The monoisotopic (exact) mass is 234 g/mol. The highest BCUT2D eigenvalue weighted by Crippen LogP contribution is 2.27. The number of ether oxygens (including phenoxy) is 1. The Morgan fingerprint density at radius 2 is 2.29 bits per heavy atom. The van der Waals surface area contributed by atoms with Gasteiger partial charge in [-0.15, -0.1) is 0 Å². The molecule has 1 unspecified atom stereocenters. The van der Waals surface area contributed by atoms with Gasteiger partial charge in [0, 0.05) is 24.8 Å². The van der Waals surface area contributed by atoms with Gasteiger partial charge < -0.3 is 15.4 Å². The molecule has 1 atom stereocenters. The molecule has 0 spiro atoms. The van der Waals surface area contributed by atoms with Crippen molar-refractivity contribution < 1.29 is 9.53 Å². The Bertz CT molecular complexity index is 406. The third-order valence-electron chi connectivity index (χ3n) is 3.09. The first-order valence-electron chi connectivity index (χ1n) is 5.86. The number of esters is 1. The van der Waals surface area contributed by atoms with Crippen LogP contribution >= 0.6 is 0 Å². The van der Waals surface area contributed by atoms with Crippen LogP contribution < -0.4 is 10.6 Å². The highest BCUT2D eigenvalue weighted by Gasteiger charge is 2.21. The number of nitrogens with two attached hydrogens (primary N) is 1. The van der Waals surface area contributed by atoms with Gasteiger partial charge in [0.05, 0.1) is 13.5 Å². The van der Waals surface area contributed by atoms with Gasteiger partial charge in [0.2, 0.25) is 0 Å². The maximum absolute atomic E-state index is 11.1. The standard InChI is InChI=1S/C13H18N2O2/c1-17-13(16)8-11(14)9-15-7-6-10-4-2-3-5-12(10)15/h2-5,11H,6-9,14H2,1H3. The lowest BCUT2D eigenvalue weighted by molar-refractivity contribution is -0.140. The molecular formula is C13H18N2O2. The number of rotatable bonds is 4. The molecule has 1 heterocycles. The van der Waals surface area contributed by atoms with E-state index in [1.807, 2.05) is 6.07 Å². The molecule has 0 radical (unpaired) electrons. The van der Waals surface area contributed by atoms with Gasteiger partial charge in [-0.1, -0.05) is 18.2 Å². The number of benzene rings is 1. The lowest BCUT2D eigenvalue weighted by Gasteiger charge is -2.22. The van der Waals surface area contributed by atoms with E-state index in [-0.39, 0.29) is 18.4 Å². The highest BCUT2D eigenvalue weighted by atomic mass is 16.5. The Hall–Kier alpha value is -1.55. The first-order chi connectivity index (χ1) is 8.20. The average molecular weight is 234 g/mol. The molecule has 4 nitrogen and oxygen atoms in total. The van der Waals surface area contributed by atoms with E-state index in [0.717, 1.165) is 13.0 Å². The fraction of sp³-hybridized carbons (Fsp3) is 0.462. The largest absolute Gasteiger partial charge is 0.469 e. The van der Waals surface area contributed by atoms with Crippen LogP contribution in [-0.4, -0.2) is 32.2 Å². The molecule has 2 N–H and O–H groups in total. The zero-order chi connectivity index (χ0) is 12.3. The lowest BCUT2D eigenvalue weighted by atomic mass is 10.1. The minimum Gasteiger partial charge on any atom is -0.469 e. The Balaban J connectivity index is 1.95. The highest BCUT2D eigenvalue weighted by molar-refractivity contribution is 5.70. The molecule has 0 fully saturated rings. The number of carbonyl (C=O) groups is 1. The van der Waals surface area contributed by atoms with E-state index < -0.39 is 0 Å². The van der Waals surface area contributed by atoms with Crippen molar-refractivity contribution in [2.24, 2.45) is 5.73 Å². The van der Waals surface area contributed by atoms with E-state index in [2.05, 4.69) is 27.8 Å². The van der Waals surface area contributed by atoms with Crippen LogP contribution in [0.25, 0.3) is 0 Å². The van der Waals surface area contributed by atoms with Crippen molar-refractivity contribution in [2.45, 2.75) is 18.9 Å². The first kappa shape index (κ1) is 11.9. The molecule has 0 aromatic heterocycles. The molecule has 4 heteroatoms. The van der Waals surface area contributed by atoms with E-state index >= 15 is 0 Å². The average Bonchev–Trinajstić information content (AvgIpc) is 2.72. The number of methoxy groups -OCH3 is 1. The summed E-state index contributed by atoms with van der Waals surface area (Å²) >= 11 is 0. The third-order valence-corrected chi connectivity index (χ3v) is 3.09. The van der Waals surface area contributed by atoms with Crippen molar-refractivity contribution in [3.8, 4) is 0 Å². The fourth-order valence-corrected chi connectivity index (χ4v) is 2.24. The topological polar surface area (TPSA) is 55.6 Å². The van der Waals surface area contributed by atoms with Crippen molar-refractivity contribution in [1.29, 1.82) is 0 Å². The second kappa shape index (κ2) is 5.19. The van der Waals surface area contributed by atoms with Crippen LogP contribution in [-0.2, 0) is 16.0 Å². The van der Waals surface area contributed by atoms with E-state index in [9.17, 15) is 4.79 Å². The molecular weight excluding hydrogens is 216 g/mol. The molecule has 1 aromatic rings. The zero-order valence-corrected chi connectivity index (χ0v) is 10.1. The molecule has 0 aliphatic carbocycles. The van der Waals surface area contributed by atoms with Crippen molar-refractivity contribution in [3.05, 3.63) is 29.8 Å². The third kappa shape index (κ3) is 2.77. The predicted molar refractivity (Wildman–Crippen MR) is 67.0 cm³/mol. The lowest BCUT2D eigenvalue weighted by Crippen LogP contribution is -2.38. The maximum atomic E-state index is 11.1. The molecule has 1 aromatic carbocycles. The predicted octanol–water partition coefficient (Wildman–Crippen LogP) is 0.940. The maximum Gasteiger partial charge on any atom is 0.307 e. The number of hydrogen-bond acceptors (Lipinski definition) is 4. The van der Waals surface area contributed by atoms with Gasteiger partial charge in [-0.2, -0.15) is 0 Å². The number of carbonyl (C=O) groups excluding carboxylic acids is 1. The van der Waals surface area contributed by atoms with Crippen LogP contribution in [0.1, 0.15) is 12.0 Å². The van der Waals surface area contributed by atoms with Crippen molar-refractivity contribution in [2.75, 3.05) is 25.1 Å². The summed E-state index contributed by atoms with van der Waals surface area (Å²) in [6.45, 7) is 1.68. The Morgan fingerprint density at radius 3 is 3.06 bits per heavy atom. The van der Waals surface area contributed by atoms with Crippen molar-refractivity contribution in [1.82, 2.24) is 0 Å². The number of hydrogen-bond donors (Lipinski definition) is 1. The number of anilines is 1. The van der Waals surface area contributed by atoms with Crippen LogP contribution in [0.5, 0.6) is 0 Å². The summed E-state index contributed by atoms with van der Waals surface area (Å²) in [5, 5.41) is 0. The van der Waals surface area contributed by atoms with Gasteiger partial charge in [0.15, 0.2) is 0 Å². The Morgan fingerprint density at radius 1 is 1.53 bits per heavy atom. The molecule has 1 aliphatic heterocycles. The molecule has 17 heavy (non-hydrogen) atoms. The normalized spacial score (nSPS) is 15.5. The van der Waals surface area contributed by atoms with E-state index in [1.165, 1.54) is 18.4 Å². The summed E-state index contributed by atoms with van der Waals surface area (Å²) in [6.07, 6.45) is 1.33. The van der Waals surface area contributed by atoms with Crippen molar-refractivity contribution in [3.63, 3.8) is 0 Å². The molecule has 1 aliphatic rings. The van der Waals surface area contributed by atoms with E-state index in [1.54, 1.807) is 0 Å². The quantitative estimate of drug-likeness (QED) is 0.788. The summed E-state index contributed by atoms with van der Waals surface area (Å²) in [5.74, 6) is -0.245. The van der Waals surface area contributed by atoms with Crippen LogP contribution in [0.3, 0.4) is 0 Å². The van der Waals surface area contributed by atoms with Crippen LogP contribution in [0.15, 0.2) is 24.3 Å². The number of fused-ring (bicyclic) bond motifs is 1. The minimum atomic E-state index is -0.245. The molecule has 92 valence electrons. The molecule has 0 amide bonds. The van der Waals surface area contributed by atoms with Crippen LogP contribution in [0, 0.1) is 0 Å². The molecule has 0 bridgehead atoms. The minimum absolute atomic E-state index is 0.173. The second-order valence-electron chi connectivity index (χ2n) is 4.37. The Kier molecular flexibility index (Phi) is 3.64. The summed E-state index contributed by atoms with van der Waals surface area (Å²) in [6, 6.07) is 8.15. The molecule has 0 saturated heterocycles. The second-order valence-corrected chi connectivity index (χ2v) is 4.37. The van der Waals surface area contributed by atoms with Gasteiger partial charge in [-0.25, -0.2) is 0 Å². The Labute approximate surface area is 101 Å². The van der Waals surface area contributed by atoms with Crippen LogP contribution in [0.4, 0.5) is 5.69 Å². The summed E-state index contributed by atoms with van der Waals surface area (Å²) < 4.78 is 4.62. The van der Waals surface area contributed by atoms with Gasteiger partial charge in [-0.3, -0.25) is 4.79 Å². The smallest absolute Gasteiger partial charge is 0.307 e. The summed E-state index contributed by atoms with van der Waals surface area (Å²) in [4.78, 5) is 13.4. The van der Waals surface area contributed by atoms with E-state index in [4.69, 9.17) is 5.73 Å². The SMILES string of the molecule is COC(=O)CC(N)CN1CCc2ccccc21. The molecule has 0 saturated carbocycles. The van der Waals surface area contributed by atoms with Gasteiger partial charge >= 0.3 is 5.97 Å². The zero-order valence-electron chi connectivity index (χ0n) is 10.1. The van der Waals surface area contributed by atoms with Gasteiger partial charge in [0.25, 0.3) is 0 Å². The number of para-hydroxylation sites is 1. The van der Waals surface area contributed by atoms with E-state index in [0.29, 0.717) is 6.54 Å². The summed E-state index contributed by atoms with van der Waals surface area (Å²) in [5.41, 5.74) is 8.55. The van der Waals surface area contributed by atoms with Gasteiger partial charge in [-0.05, 0) is 18.1 Å². The number of nitrogens with zero attached hydrogens (tertiary/aromatic N) is 1. The summed E-state index contributed by atoms with van der Waals surface area (Å²) in [7, 11) is 1.39. The van der Waals surface area contributed by atoms with Crippen molar-refractivity contribution >= 4 is 11.7 Å².